The van der Waals surface area contributed by atoms with Crippen molar-refractivity contribution in [3.8, 4) is 0 Å². The molecule has 0 aromatic rings. The van der Waals surface area contributed by atoms with Crippen LogP contribution in [0.25, 0.3) is 0 Å². The van der Waals surface area contributed by atoms with Gasteiger partial charge in [-0.1, -0.05) is 39.0 Å². The van der Waals surface area contributed by atoms with Gasteiger partial charge in [0, 0.05) is 37.7 Å². The fourth-order valence-corrected chi connectivity index (χ4v) is 1.31. The van der Waals surface area contributed by atoms with E-state index in [-0.39, 0.29) is 37.7 Å². The normalized spacial score (nSPS) is 22.1. The second-order valence-electron chi connectivity index (χ2n) is 2.74. The predicted octanol–water partition coefficient (Wildman–Crippen LogP) is 2.59. The molecule has 0 radical (unpaired) electrons. The van der Waals surface area contributed by atoms with Crippen molar-refractivity contribution < 1.29 is 37.7 Å². The molecule has 1 heteroatoms. The summed E-state index contributed by atoms with van der Waals surface area (Å²) in [5, 5.41) is 0. The first-order chi connectivity index (χ1) is 3.39. The van der Waals surface area contributed by atoms with Crippen LogP contribution in [0, 0.1) is 43.7 Å². The van der Waals surface area contributed by atoms with Crippen LogP contribution in [0.15, 0.2) is 0 Å². The first-order valence-electron chi connectivity index (χ1n) is 3.39. The average molecular weight is 138 g/mol. The number of hydrogen-bond acceptors (Lipinski definition) is 0. The van der Waals surface area contributed by atoms with Crippen LogP contribution >= 0.6 is 0 Å². The van der Waals surface area contributed by atoms with Gasteiger partial charge in [0.25, 0.3) is 0 Å². The van der Waals surface area contributed by atoms with E-state index in [1.165, 1.54) is 32.1 Å². The molecule has 0 saturated heterocycles. The summed E-state index contributed by atoms with van der Waals surface area (Å²) < 4.78 is 0. The van der Waals surface area contributed by atoms with Crippen molar-refractivity contribution in [2.24, 2.45) is 5.92 Å². The van der Waals surface area contributed by atoms with E-state index in [0.717, 1.165) is 5.92 Å². The fourth-order valence-electron chi connectivity index (χ4n) is 1.31. The molecule has 0 aliphatic heterocycles. The molecule has 1 aliphatic carbocycles. The first-order valence-corrected chi connectivity index (χ1v) is 3.39. The molecule has 50 valence electrons. The Bertz CT molecular complexity index is 46.3. The molecule has 0 N–H and O–H groups in total. The van der Waals surface area contributed by atoms with Crippen LogP contribution in [0.3, 0.4) is 0 Å². The molecule has 0 aromatic carbocycles. The van der Waals surface area contributed by atoms with Gasteiger partial charge in [-0.15, -0.1) is 0 Å². The second kappa shape index (κ2) is 5.08. The maximum atomic E-state index is 2.36. The summed E-state index contributed by atoms with van der Waals surface area (Å²) in [4.78, 5) is 0. The van der Waals surface area contributed by atoms with E-state index < -0.39 is 0 Å². The Kier molecular flexibility index (Phi) is 5.88. The third kappa shape index (κ3) is 3.32. The summed E-state index contributed by atoms with van der Waals surface area (Å²) in [5.74, 6) is 1.04. The van der Waals surface area contributed by atoms with Crippen LogP contribution in [0.4, 0.5) is 0 Å². The zero-order valence-corrected chi connectivity index (χ0v) is 6.17. The fraction of sp³-hybridized carbons (Fsp3) is 1.00. The molecule has 0 unspecified atom stereocenters. The van der Waals surface area contributed by atoms with Crippen molar-refractivity contribution in [2.75, 3.05) is 0 Å². The number of hydrogen-bond donors (Lipinski definition) is 0. The van der Waals surface area contributed by atoms with Gasteiger partial charge >= 0.3 is 0 Å². The van der Waals surface area contributed by atoms with Gasteiger partial charge in [0.05, 0.1) is 0 Å². The molecule has 0 bridgehead atoms. The minimum absolute atomic E-state index is 0. The Morgan fingerprint density at radius 1 is 1.00 bits per heavy atom. The van der Waals surface area contributed by atoms with Gasteiger partial charge in [-0.05, 0) is 5.92 Å². The van der Waals surface area contributed by atoms with Crippen molar-refractivity contribution >= 4 is 0 Å². The van der Waals surface area contributed by atoms with Gasteiger partial charge in [-0.3, -0.25) is 0 Å². The Balaban J connectivity index is 0.000000490. The first kappa shape index (κ1) is 9.26. The van der Waals surface area contributed by atoms with Gasteiger partial charge in [0.1, 0.15) is 0 Å². The molecule has 1 saturated carbocycles. The SMILES string of the molecule is CC1CCCCC1.[Ar]. The van der Waals surface area contributed by atoms with Gasteiger partial charge in [0.2, 0.25) is 0 Å². The molecule has 0 aromatic heterocycles. The van der Waals surface area contributed by atoms with Crippen molar-refractivity contribution in [3.63, 3.8) is 0 Å². The van der Waals surface area contributed by atoms with Crippen LogP contribution < -0.4 is 0 Å². The van der Waals surface area contributed by atoms with E-state index in [2.05, 4.69) is 6.92 Å². The van der Waals surface area contributed by atoms with Crippen molar-refractivity contribution in [1.29, 1.82) is 0 Å². The average Bonchev–Trinajstić information content (AvgIpc) is 1.69. The summed E-state index contributed by atoms with van der Waals surface area (Å²) in [6, 6.07) is 0. The molecule has 1 rings (SSSR count). The van der Waals surface area contributed by atoms with E-state index in [0.29, 0.717) is 0 Å². The Hall–Kier alpha value is 1.26. The minimum Gasteiger partial charge on any atom is -0.0625 e. The van der Waals surface area contributed by atoms with Gasteiger partial charge < -0.3 is 0 Å². The molecule has 0 atom stereocenters. The zero-order chi connectivity index (χ0) is 5.11. The largest absolute Gasteiger partial charge is 0.0625 e. The van der Waals surface area contributed by atoms with Gasteiger partial charge in [-0.2, -0.15) is 0 Å². The molecule has 8 heavy (non-hydrogen) atoms. The maximum absolute atomic E-state index is 2.36. The van der Waals surface area contributed by atoms with Crippen molar-refractivity contribution in [3.05, 3.63) is 0 Å². The monoisotopic (exact) mass is 138 g/mol. The predicted molar refractivity (Wildman–Crippen MR) is 32.2 cm³/mol. The smallest absolute Gasteiger partial charge is 0 e. The summed E-state index contributed by atoms with van der Waals surface area (Å²) >= 11 is 0. The summed E-state index contributed by atoms with van der Waals surface area (Å²) in [6.45, 7) is 2.36. The van der Waals surface area contributed by atoms with E-state index in [1.807, 2.05) is 0 Å². The van der Waals surface area contributed by atoms with E-state index in [4.69, 9.17) is 0 Å². The molecule has 0 heterocycles. The van der Waals surface area contributed by atoms with E-state index in [1.54, 1.807) is 0 Å². The minimum atomic E-state index is 0. The zero-order valence-electron chi connectivity index (χ0n) is 5.47. The van der Waals surface area contributed by atoms with Gasteiger partial charge in [0.15, 0.2) is 0 Å². The topological polar surface area (TPSA) is 0 Å². The Morgan fingerprint density at radius 3 is 1.75 bits per heavy atom. The third-order valence-electron chi connectivity index (χ3n) is 1.89. The Labute approximate surface area is 82.0 Å². The molecule has 1 aliphatic rings. The molecular weight excluding hydrogens is 124 g/mol. The molecular formula is C7H14Ar. The van der Waals surface area contributed by atoms with Crippen LogP contribution in [0.1, 0.15) is 39.0 Å². The van der Waals surface area contributed by atoms with E-state index in [9.17, 15) is 0 Å². The summed E-state index contributed by atoms with van der Waals surface area (Å²) in [7, 11) is 0. The number of rotatable bonds is 0. The van der Waals surface area contributed by atoms with Crippen LogP contribution in [0.5, 0.6) is 0 Å². The summed E-state index contributed by atoms with van der Waals surface area (Å²) in [6.07, 6.45) is 7.44. The maximum Gasteiger partial charge on any atom is 0 e. The summed E-state index contributed by atoms with van der Waals surface area (Å²) in [5.41, 5.74) is 0. The molecule has 1 fully saturated rings. The molecule has 0 amide bonds. The van der Waals surface area contributed by atoms with Crippen molar-refractivity contribution in [1.82, 2.24) is 0 Å². The van der Waals surface area contributed by atoms with Crippen LogP contribution in [-0.4, -0.2) is 0 Å². The van der Waals surface area contributed by atoms with Crippen molar-refractivity contribution in [2.45, 2.75) is 39.0 Å². The Morgan fingerprint density at radius 2 is 1.50 bits per heavy atom. The quantitative estimate of drug-likeness (QED) is 0.482. The second-order valence-corrected chi connectivity index (χ2v) is 2.74. The molecule has 0 nitrogen and oxygen atoms in total. The van der Waals surface area contributed by atoms with Crippen LogP contribution in [-0.2, 0) is 0 Å². The standard InChI is InChI=1S/C7H14.Ar/c1-7-5-3-2-4-6-7;/h7H,2-6H2,1H3;. The van der Waals surface area contributed by atoms with E-state index >= 15 is 0 Å². The van der Waals surface area contributed by atoms with Gasteiger partial charge in [-0.25, -0.2) is 0 Å². The van der Waals surface area contributed by atoms with Crippen LogP contribution in [0.2, 0.25) is 0 Å². The molecule has 0 spiro atoms. The third-order valence-corrected chi connectivity index (χ3v) is 1.89.